The van der Waals surface area contributed by atoms with Crippen LogP contribution in [-0.2, 0) is 0 Å². The van der Waals surface area contributed by atoms with Crippen molar-refractivity contribution < 1.29 is 5.02 Å². The Kier molecular flexibility index (Phi) is 2.40. The first-order valence-electron chi connectivity index (χ1n) is 3.97. The van der Waals surface area contributed by atoms with Gasteiger partial charge in [0, 0.05) is 5.69 Å². The third-order valence-electron chi connectivity index (χ3n) is 1.81. The quantitative estimate of drug-likeness (QED) is 0.637. The highest BCUT2D eigenvalue weighted by Crippen LogP contribution is 2.14. The van der Waals surface area contributed by atoms with Crippen molar-refractivity contribution in [2.45, 2.75) is 26.6 Å². The van der Waals surface area contributed by atoms with E-state index in [1.165, 1.54) is 5.69 Å². The number of hydrogen-bond donors (Lipinski definition) is 1. The molecule has 0 saturated heterocycles. The molecule has 0 atom stereocenters. The minimum Gasteiger partial charge on any atom is -0.432 e. The minimum absolute atomic E-state index is 0.414. The Morgan fingerprint density at radius 3 is 2.55 bits per heavy atom. The minimum atomic E-state index is -0.414. The van der Waals surface area contributed by atoms with Crippen LogP contribution in [0.2, 0.25) is 6.82 Å². The first-order valence-corrected chi connectivity index (χ1v) is 3.97. The van der Waals surface area contributed by atoms with E-state index in [9.17, 15) is 5.02 Å². The lowest BCUT2D eigenvalue weighted by Gasteiger charge is -2.11. The zero-order valence-electron chi connectivity index (χ0n) is 7.28. The van der Waals surface area contributed by atoms with Crippen molar-refractivity contribution in [3.63, 3.8) is 0 Å². The van der Waals surface area contributed by atoms with Crippen molar-refractivity contribution in [1.82, 2.24) is 4.48 Å². The van der Waals surface area contributed by atoms with Crippen LogP contribution in [0.25, 0.3) is 0 Å². The standard InChI is InChI=1S/C8H14BNO/c1-7(2)8-5-4-6-10(8)9(3)11/h4-7,11H,1-3H3. The predicted molar refractivity (Wildman–Crippen MR) is 47.8 cm³/mol. The molecular weight excluding hydrogens is 137 g/mol. The fourth-order valence-corrected chi connectivity index (χ4v) is 1.24. The normalized spacial score (nSPS) is 10.6. The average Bonchev–Trinajstić information content (AvgIpc) is 2.32. The molecule has 1 aromatic rings. The number of nitrogens with zero attached hydrogens (tertiary/aromatic N) is 1. The topological polar surface area (TPSA) is 25.2 Å². The summed E-state index contributed by atoms with van der Waals surface area (Å²) < 4.78 is 1.88. The fourth-order valence-electron chi connectivity index (χ4n) is 1.24. The lowest BCUT2D eigenvalue weighted by atomic mass is 9.87. The Morgan fingerprint density at radius 1 is 1.55 bits per heavy atom. The van der Waals surface area contributed by atoms with Gasteiger partial charge in [0.25, 0.3) is 0 Å². The fraction of sp³-hybridized carbons (Fsp3) is 0.500. The molecule has 0 aliphatic carbocycles. The molecule has 0 fully saturated rings. The molecule has 0 unspecified atom stereocenters. The molecule has 60 valence electrons. The van der Waals surface area contributed by atoms with Gasteiger partial charge < -0.3 is 9.50 Å². The Labute approximate surface area is 68.0 Å². The smallest absolute Gasteiger partial charge is 0.413 e. The lowest BCUT2D eigenvalue weighted by molar-refractivity contribution is 0.557. The average molecular weight is 151 g/mol. The molecule has 0 aromatic carbocycles. The summed E-state index contributed by atoms with van der Waals surface area (Å²) in [4.78, 5) is 0. The van der Waals surface area contributed by atoms with E-state index in [4.69, 9.17) is 0 Å². The maximum atomic E-state index is 9.31. The van der Waals surface area contributed by atoms with Crippen molar-refractivity contribution in [3.8, 4) is 0 Å². The van der Waals surface area contributed by atoms with Gasteiger partial charge >= 0.3 is 7.05 Å². The summed E-state index contributed by atoms with van der Waals surface area (Å²) in [5.41, 5.74) is 1.18. The van der Waals surface area contributed by atoms with Gasteiger partial charge in [-0.25, -0.2) is 0 Å². The molecule has 1 aromatic heterocycles. The molecule has 1 heterocycles. The molecule has 1 rings (SSSR count). The maximum absolute atomic E-state index is 9.31. The molecule has 0 spiro atoms. The molecule has 2 nitrogen and oxygen atoms in total. The summed E-state index contributed by atoms with van der Waals surface area (Å²) in [5.74, 6) is 0.472. The molecule has 0 aliphatic heterocycles. The van der Waals surface area contributed by atoms with E-state index in [-0.39, 0.29) is 0 Å². The largest absolute Gasteiger partial charge is 0.432 e. The van der Waals surface area contributed by atoms with Crippen LogP contribution in [0.1, 0.15) is 25.5 Å². The summed E-state index contributed by atoms with van der Waals surface area (Å²) >= 11 is 0. The second-order valence-corrected chi connectivity index (χ2v) is 3.13. The van der Waals surface area contributed by atoms with E-state index in [2.05, 4.69) is 13.8 Å². The van der Waals surface area contributed by atoms with Crippen LogP contribution in [0.4, 0.5) is 0 Å². The van der Waals surface area contributed by atoms with Gasteiger partial charge in [0.1, 0.15) is 0 Å². The monoisotopic (exact) mass is 151 g/mol. The van der Waals surface area contributed by atoms with Gasteiger partial charge in [-0.1, -0.05) is 13.8 Å². The summed E-state index contributed by atoms with van der Waals surface area (Å²) in [6.45, 7) is 6.01. The molecule has 0 bridgehead atoms. The summed E-state index contributed by atoms with van der Waals surface area (Å²) in [5, 5.41) is 9.31. The Bertz CT molecular complexity index is 207. The molecule has 1 N–H and O–H groups in total. The van der Waals surface area contributed by atoms with Gasteiger partial charge in [-0.15, -0.1) is 0 Å². The van der Waals surface area contributed by atoms with E-state index in [0.717, 1.165) is 0 Å². The van der Waals surface area contributed by atoms with Crippen molar-refractivity contribution in [3.05, 3.63) is 24.0 Å². The van der Waals surface area contributed by atoms with Gasteiger partial charge in [0.2, 0.25) is 0 Å². The van der Waals surface area contributed by atoms with Crippen molar-refractivity contribution >= 4 is 7.05 Å². The second kappa shape index (κ2) is 3.14. The van der Waals surface area contributed by atoms with Crippen molar-refractivity contribution in [2.75, 3.05) is 0 Å². The Hall–Kier alpha value is -0.695. The SMILES string of the molecule is CB(O)n1cccc1C(C)C. The maximum Gasteiger partial charge on any atom is 0.413 e. The van der Waals surface area contributed by atoms with Gasteiger partial charge in [0.15, 0.2) is 0 Å². The Balaban J connectivity index is 2.96. The predicted octanol–water partition coefficient (Wildman–Crippen LogP) is 1.57. The van der Waals surface area contributed by atoms with Crippen LogP contribution in [0, 0.1) is 0 Å². The third-order valence-corrected chi connectivity index (χ3v) is 1.81. The number of hydrogen-bond acceptors (Lipinski definition) is 1. The van der Waals surface area contributed by atoms with Gasteiger partial charge in [-0.05, 0) is 31.1 Å². The Morgan fingerprint density at radius 2 is 2.18 bits per heavy atom. The van der Waals surface area contributed by atoms with Crippen LogP contribution in [0.3, 0.4) is 0 Å². The highest BCUT2D eigenvalue weighted by atomic mass is 16.2. The second-order valence-electron chi connectivity index (χ2n) is 3.13. The van der Waals surface area contributed by atoms with Crippen LogP contribution in [0.5, 0.6) is 0 Å². The van der Waals surface area contributed by atoms with E-state index in [0.29, 0.717) is 5.92 Å². The van der Waals surface area contributed by atoms with Crippen molar-refractivity contribution in [1.29, 1.82) is 0 Å². The summed E-state index contributed by atoms with van der Waals surface area (Å²) in [7, 11) is -0.414. The zero-order valence-corrected chi connectivity index (χ0v) is 7.28. The van der Waals surface area contributed by atoms with Gasteiger partial charge in [-0.3, -0.25) is 0 Å². The van der Waals surface area contributed by atoms with Crippen LogP contribution >= 0.6 is 0 Å². The van der Waals surface area contributed by atoms with Crippen molar-refractivity contribution in [2.24, 2.45) is 0 Å². The molecule has 11 heavy (non-hydrogen) atoms. The summed E-state index contributed by atoms with van der Waals surface area (Å²) in [6.07, 6.45) is 1.90. The first-order chi connectivity index (χ1) is 5.13. The van der Waals surface area contributed by atoms with Crippen LogP contribution < -0.4 is 0 Å². The van der Waals surface area contributed by atoms with Gasteiger partial charge in [-0.2, -0.15) is 0 Å². The lowest BCUT2D eigenvalue weighted by Crippen LogP contribution is -2.21. The molecule has 0 amide bonds. The highest BCUT2D eigenvalue weighted by molar-refractivity contribution is 6.46. The highest BCUT2D eigenvalue weighted by Gasteiger charge is 2.11. The van der Waals surface area contributed by atoms with E-state index >= 15 is 0 Å². The van der Waals surface area contributed by atoms with E-state index in [1.54, 1.807) is 6.82 Å². The molecule has 0 aliphatic rings. The van der Waals surface area contributed by atoms with E-state index in [1.807, 2.05) is 22.8 Å². The van der Waals surface area contributed by atoms with Gasteiger partial charge in [0.05, 0.1) is 0 Å². The molecular formula is C8H14BNO. The first kappa shape index (κ1) is 8.40. The van der Waals surface area contributed by atoms with Crippen LogP contribution in [0.15, 0.2) is 18.3 Å². The number of rotatable bonds is 2. The molecule has 3 heteroatoms. The molecule has 0 saturated carbocycles. The zero-order chi connectivity index (χ0) is 8.43. The van der Waals surface area contributed by atoms with E-state index < -0.39 is 7.05 Å². The third kappa shape index (κ3) is 1.66. The molecule has 0 radical (unpaired) electrons. The number of aromatic nitrogens is 1. The van der Waals surface area contributed by atoms with Crippen LogP contribution in [-0.4, -0.2) is 16.6 Å². The summed E-state index contributed by atoms with van der Waals surface area (Å²) in [6, 6.07) is 4.00.